The van der Waals surface area contributed by atoms with Gasteiger partial charge in [0.15, 0.2) is 5.78 Å². The molecule has 1 saturated heterocycles. The molecule has 1 aromatic carbocycles. The lowest BCUT2D eigenvalue weighted by Gasteiger charge is -2.10. The summed E-state index contributed by atoms with van der Waals surface area (Å²) in [6.07, 6.45) is 0.766. The zero-order valence-corrected chi connectivity index (χ0v) is 7.62. The Hall–Kier alpha value is -1.15. The summed E-state index contributed by atoms with van der Waals surface area (Å²) in [6, 6.07) is 10.4. The van der Waals surface area contributed by atoms with E-state index in [-0.39, 0.29) is 0 Å². The monoisotopic (exact) mass is 176 g/mol. The molecule has 1 aliphatic heterocycles. The van der Waals surface area contributed by atoms with Crippen molar-refractivity contribution in [1.82, 2.24) is 0 Å². The maximum atomic E-state index is 11.0. The van der Waals surface area contributed by atoms with Crippen molar-refractivity contribution in [1.29, 1.82) is 0 Å². The van der Waals surface area contributed by atoms with Crippen LogP contribution in [0.3, 0.4) is 0 Å². The van der Waals surface area contributed by atoms with Crippen LogP contribution in [0.1, 0.15) is 12.0 Å². The molecule has 0 saturated carbocycles. The molecule has 1 atom stereocenters. The van der Waals surface area contributed by atoms with Gasteiger partial charge in [-0.15, -0.1) is 0 Å². The lowest BCUT2D eigenvalue weighted by Crippen LogP contribution is -3.09. The van der Waals surface area contributed by atoms with E-state index >= 15 is 0 Å². The zero-order chi connectivity index (χ0) is 9.10. The normalized spacial score (nSPS) is 22.2. The van der Waals surface area contributed by atoms with Gasteiger partial charge in [-0.3, -0.25) is 4.79 Å². The van der Waals surface area contributed by atoms with Gasteiger partial charge in [0.1, 0.15) is 13.1 Å². The number of hydrogen-bond acceptors (Lipinski definition) is 1. The number of rotatable bonds is 2. The number of hydrogen-bond donors (Lipinski definition) is 1. The number of benzene rings is 1. The lowest BCUT2D eigenvalue weighted by molar-refractivity contribution is -0.897. The molecular formula is C11H14NO+. The van der Waals surface area contributed by atoms with Gasteiger partial charge in [-0.2, -0.15) is 0 Å². The molecule has 68 valence electrons. The highest BCUT2D eigenvalue weighted by Gasteiger charge is 2.22. The predicted octanol–water partition coefficient (Wildman–Crippen LogP) is 0.0443. The van der Waals surface area contributed by atoms with Crippen LogP contribution in [0.2, 0.25) is 0 Å². The van der Waals surface area contributed by atoms with Gasteiger partial charge >= 0.3 is 0 Å². The largest absolute Gasteiger partial charge is 0.325 e. The summed E-state index contributed by atoms with van der Waals surface area (Å²) < 4.78 is 0. The van der Waals surface area contributed by atoms with Crippen molar-refractivity contribution < 1.29 is 9.69 Å². The van der Waals surface area contributed by atoms with Gasteiger partial charge in [-0.05, 0) is 0 Å². The molecule has 2 nitrogen and oxygen atoms in total. The Morgan fingerprint density at radius 2 is 2.00 bits per heavy atom. The van der Waals surface area contributed by atoms with Gasteiger partial charge in [-0.1, -0.05) is 30.3 Å². The molecule has 2 rings (SSSR count). The van der Waals surface area contributed by atoms with Crippen molar-refractivity contribution in [2.24, 2.45) is 0 Å². The highest BCUT2D eigenvalue weighted by molar-refractivity contribution is 5.80. The fourth-order valence-corrected chi connectivity index (χ4v) is 1.81. The molecule has 1 aromatic rings. The van der Waals surface area contributed by atoms with E-state index < -0.39 is 0 Å². The molecule has 1 heterocycles. The average molecular weight is 176 g/mol. The molecule has 0 aliphatic carbocycles. The van der Waals surface area contributed by atoms with Crippen LogP contribution in [0.5, 0.6) is 0 Å². The molecule has 13 heavy (non-hydrogen) atoms. The highest BCUT2D eigenvalue weighted by atomic mass is 16.1. The zero-order valence-electron chi connectivity index (χ0n) is 7.62. The minimum atomic E-state index is 0.408. The van der Waals surface area contributed by atoms with Crippen molar-refractivity contribution in [3.05, 3.63) is 35.9 Å². The van der Waals surface area contributed by atoms with Crippen LogP contribution < -0.4 is 4.90 Å². The molecule has 0 spiro atoms. The predicted molar refractivity (Wildman–Crippen MR) is 50.5 cm³/mol. The van der Waals surface area contributed by atoms with Gasteiger partial charge < -0.3 is 4.90 Å². The van der Waals surface area contributed by atoms with Crippen molar-refractivity contribution in [3.63, 3.8) is 0 Å². The first-order valence-electron chi connectivity index (χ1n) is 4.74. The van der Waals surface area contributed by atoms with Crippen LogP contribution in [-0.2, 0) is 11.3 Å². The minimum absolute atomic E-state index is 0.408. The summed E-state index contributed by atoms with van der Waals surface area (Å²) in [6.45, 7) is 2.72. The average Bonchev–Trinajstić information content (AvgIpc) is 2.53. The molecule has 0 amide bonds. The first-order valence-corrected chi connectivity index (χ1v) is 4.74. The Morgan fingerprint density at radius 3 is 2.62 bits per heavy atom. The van der Waals surface area contributed by atoms with E-state index in [0.717, 1.165) is 26.1 Å². The molecule has 0 bridgehead atoms. The van der Waals surface area contributed by atoms with Crippen molar-refractivity contribution in [2.75, 3.05) is 13.1 Å². The smallest absolute Gasteiger partial charge is 0.192 e. The molecule has 0 aromatic heterocycles. The summed E-state index contributed by atoms with van der Waals surface area (Å²) in [5.41, 5.74) is 1.33. The summed E-state index contributed by atoms with van der Waals surface area (Å²) >= 11 is 0. The van der Waals surface area contributed by atoms with E-state index in [9.17, 15) is 4.79 Å². The van der Waals surface area contributed by atoms with E-state index in [1.807, 2.05) is 18.2 Å². The number of carbonyl (C=O) groups is 1. The number of nitrogens with one attached hydrogen (secondary N) is 1. The van der Waals surface area contributed by atoms with Crippen molar-refractivity contribution in [2.45, 2.75) is 13.0 Å². The molecule has 2 heteroatoms. The van der Waals surface area contributed by atoms with Gasteiger partial charge in [0.05, 0.1) is 13.0 Å². The first kappa shape index (κ1) is 8.45. The number of Topliss-reactive ketones (excluding diaryl/α,β-unsaturated/α-hetero) is 1. The Morgan fingerprint density at radius 1 is 1.23 bits per heavy atom. The molecule has 1 aliphatic rings. The second-order valence-corrected chi connectivity index (χ2v) is 3.63. The van der Waals surface area contributed by atoms with Crippen LogP contribution in [0.25, 0.3) is 0 Å². The Labute approximate surface area is 78.2 Å². The Balaban J connectivity index is 1.96. The first-order chi connectivity index (χ1) is 6.34. The highest BCUT2D eigenvalue weighted by Crippen LogP contribution is 1.96. The Bertz CT molecular complexity index is 294. The van der Waals surface area contributed by atoms with Crippen LogP contribution in [0, 0.1) is 0 Å². The second kappa shape index (κ2) is 3.71. The maximum absolute atomic E-state index is 11.0. The van der Waals surface area contributed by atoms with Gasteiger partial charge in [-0.25, -0.2) is 0 Å². The number of likely N-dealkylation sites (tertiary alicyclic amines) is 1. The standard InChI is InChI=1S/C11H13NO/c13-11-6-7-12(9-11)8-10-4-2-1-3-5-10/h1-5H,6-9H2/p+1. The molecule has 1 N–H and O–H groups in total. The third-order valence-electron chi connectivity index (χ3n) is 2.50. The summed E-state index contributed by atoms with van der Waals surface area (Å²) in [4.78, 5) is 12.4. The minimum Gasteiger partial charge on any atom is -0.325 e. The summed E-state index contributed by atoms with van der Waals surface area (Å²) in [5, 5.41) is 0. The fraction of sp³-hybridized carbons (Fsp3) is 0.364. The molecule has 1 unspecified atom stereocenters. The molecule has 0 radical (unpaired) electrons. The van der Waals surface area contributed by atoms with E-state index in [1.54, 1.807) is 0 Å². The third kappa shape index (κ3) is 2.16. The summed E-state index contributed by atoms with van der Waals surface area (Å²) in [5.74, 6) is 0.408. The van der Waals surface area contributed by atoms with E-state index in [2.05, 4.69) is 12.1 Å². The third-order valence-corrected chi connectivity index (χ3v) is 2.50. The fourth-order valence-electron chi connectivity index (χ4n) is 1.81. The second-order valence-electron chi connectivity index (χ2n) is 3.63. The number of quaternary nitrogens is 1. The van der Waals surface area contributed by atoms with E-state index in [0.29, 0.717) is 5.78 Å². The quantitative estimate of drug-likeness (QED) is 0.675. The number of ketones is 1. The van der Waals surface area contributed by atoms with Crippen molar-refractivity contribution >= 4 is 5.78 Å². The SMILES string of the molecule is O=C1CC[NH+](Cc2ccccc2)C1. The lowest BCUT2D eigenvalue weighted by atomic mass is 10.2. The van der Waals surface area contributed by atoms with Crippen LogP contribution in [0.15, 0.2) is 30.3 Å². The Kier molecular flexibility index (Phi) is 2.41. The summed E-state index contributed by atoms with van der Waals surface area (Å²) in [7, 11) is 0. The van der Waals surface area contributed by atoms with Gasteiger partial charge in [0, 0.05) is 5.56 Å². The maximum Gasteiger partial charge on any atom is 0.192 e. The van der Waals surface area contributed by atoms with E-state index in [4.69, 9.17) is 0 Å². The van der Waals surface area contributed by atoms with E-state index in [1.165, 1.54) is 10.5 Å². The van der Waals surface area contributed by atoms with Gasteiger partial charge in [0.2, 0.25) is 0 Å². The molecular weight excluding hydrogens is 162 g/mol. The topological polar surface area (TPSA) is 21.5 Å². The van der Waals surface area contributed by atoms with Crippen molar-refractivity contribution in [3.8, 4) is 0 Å². The number of carbonyl (C=O) groups excluding carboxylic acids is 1. The van der Waals surface area contributed by atoms with Crippen LogP contribution in [-0.4, -0.2) is 18.9 Å². The van der Waals surface area contributed by atoms with Gasteiger partial charge in [0.25, 0.3) is 0 Å². The van der Waals surface area contributed by atoms with Crippen LogP contribution >= 0.6 is 0 Å². The molecule has 1 fully saturated rings. The van der Waals surface area contributed by atoms with Crippen LogP contribution in [0.4, 0.5) is 0 Å².